The van der Waals surface area contributed by atoms with Crippen LogP contribution in [0.25, 0.3) is 0 Å². The number of carbonyl (C=O) groups is 1. The summed E-state index contributed by atoms with van der Waals surface area (Å²) in [6.45, 7) is 1.81. The van der Waals surface area contributed by atoms with Gasteiger partial charge in [-0.15, -0.1) is 0 Å². The second-order valence-corrected chi connectivity index (χ2v) is 8.84. The van der Waals surface area contributed by atoms with Crippen LogP contribution in [0.2, 0.25) is 5.02 Å². The van der Waals surface area contributed by atoms with Gasteiger partial charge in [0.1, 0.15) is 0 Å². The molecule has 5 nitrogen and oxygen atoms in total. The van der Waals surface area contributed by atoms with E-state index in [0.29, 0.717) is 16.3 Å². The predicted molar refractivity (Wildman–Crippen MR) is 108 cm³/mol. The lowest BCUT2D eigenvalue weighted by Crippen LogP contribution is -2.32. The first-order valence-electron chi connectivity index (χ1n) is 8.59. The van der Waals surface area contributed by atoms with Crippen molar-refractivity contribution in [2.45, 2.75) is 25.9 Å². The first kappa shape index (κ1) is 23.0. The van der Waals surface area contributed by atoms with Crippen LogP contribution in [0.3, 0.4) is 0 Å². The van der Waals surface area contributed by atoms with Crippen molar-refractivity contribution >= 4 is 38.9 Å². The summed E-state index contributed by atoms with van der Waals surface area (Å²) in [4.78, 5) is 12.1. The number of aryl methyl sites for hydroxylation is 1. The normalized spacial score (nSPS) is 11.9. The molecule has 0 spiro atoms. The molecule has 158 valence electrons. The van der Waals surface area contributed by atoms with Gasteiger partial charge in [0.05, 0.1) is 17.5 Å². The second-order valence-electron chi connectivity index (χ2n) is 6.49. The molecule has 0 aliphatic rings. The van der Waals surface area contributed by atoms with Crippen molar-refractivity contribution in [3.05, 3.63) is 58.6 Å². The number of amides is 1. The number of nitrogens with one attached hydrogen (secondary N) is 1. The van der Waals surface area contributed by atoms with Crippen LogP contribution < -0.4 is 9.62 Å². The topological polar surface area (TPSA) is 66.5 Å². The lowest BCUT2D eigenvalue weighted by atomic mass is 10.2. The second kappa shape index (κ2) is 9.04. The average molecular weight is 449 g/mol. The van der Waals surface area contributed by atoms with Crippen LogP contribution in [0.4, 0.5) is 24.5 Å². The molecule has 0 aliphatic heterocycles. The van der Waals surface area contributed by atoms with E-state index < -0.39 is 27.7 Å². The van der Waals surface area contributed by atoms with E-state index in [2.05, 4.69) is 5.32 Å². The zero-order valence-electron chi connectivity index (χ0n) is 15.8. The molecule has 0 aromatic heterocycles. The van der Waals surface area contributed by atoms with Gasteiger partial charge in [-0.25, -0.2) is 8.42 Å². The van der Waals surface area contributed by atoms with E-state index >= 15 is 0 Å². The molecular formula is C19H20ClF3N2O3S. The summed E-state index contributed by atoms with van der Waals surface area (Å²) in [5.41, 5.74) is 0.571. The lowest BCUT2D eigenvalue weighted by Gasteiger charge is -2.24. The zero-order chi connectivity index (χ0) is 21.8. The number of sulfonamides is 1. The molecule has 1 amide bonds. The number of nitrogens with zero attached hydrogens (tertiary/aromatic N) is 1. The van der Waals surface area contributed by atoms with Crippen LogP contribution in [-0.2, 0) is 21.0 Å². The zero-order valence-corrected chi connectivity index (χ0v) is 17.3. The molecule has 0 unspecified atom stereocenters. The Bertz CT molecular complexity index is 977. The van der Waals surface area contributed by atoms with Gasteiger partial charge < -0.3 is 5.32 Å². The molecule has 0 radical (unpaired) electrons. The summed E-state index contributed by atoms with van der Waals surface area (Å²) < 4.78 is 63.2. The minimum absolute atomic E-state index is 0.00729. The summed E-state index contributed by atoms with van der Waals surface area (Å²) >= 11 is 5.97. The Hall–Kier alpha value is -2.26. The van der Waals surface area contributed by atoms with E-state index in [1.54, 1.807) is 25.1 Å². The molecule has 29 heavy (non-hydrogen) atoms. The van der Waals surface area contributed by atoms with Crippen molar-refractivity contribution in [1.29, 1.82) is 0 Å². The van der Waals surface area contributed by atoms with E-state index in [9.17, 15) is 26.4 Å². The van der Waals surface area contributed by atoms with Crippen molar-refractivity contribution in [3.63, 3.8) is 0 Å². The standard InChI is InChI=1S/C19H20ClF3N2O3S/c1-13-5-8-15(20)12-17(13)25(29(2,27)28)11-3-4-18(26)24-16-9-6-14(7-10-16)19(21,22)23/h5-10,12H,3-4,11H2,1-2H3,(H,24,26). The number of anilines is 2. The maximum absolute atomic E-state index is 12.6. The fraction of sp³-hybridized carbons (Fsp3) is 0.316. The molecule has 0 atom stereocenters. The Labute approximate surface area is 172 Å². The fourth-order valence-electron chi connectivity index (χ4n) is 2.67. The van der Waals surface area contributed by atoms with Gasteiger partial charge in [0.15, 0.2) is 0 Å². The molecule has 2 aromatic rings. The fourth-order valence-corrected chi connectivity index (χ4v) is 3.85. The van der Waals surface area contributed by atoms with Gasteiger partial charge in [-0.3, -0.25) is 9.10 Å². The first-order chi connectivity index (χ1) is 13.4. The lowest BCUT2D eigenvalue weighted by molar-refractivity contribution is -0.137. The van der Waals surface area contributed by atoms with Crippen LogP contribution in [0.15, 0.2) is 42.5 Å². The maximum Gasteiger partial charge on any atom is 0.416 e. The first-order valence-corrected chi connectivity index (χ1v) is 10.8. The number of rotatable bonds is 7. The molecule has 0 fully saturated rings. The molecule has 0 saturated heterocycles. The van der Waals surface area contributed by atoms with Crippen LogP contribution in [0.1, 0.15) is 24.0 Å². The average Bonchev–Trinajstić information content (AvgIpc) is 2.60. The highest BCUT2D eigenvalue weighted by molar-refractivity contribution is 7.92. The smallest absolute Gasteiger partial charge is 0.326 e. The van der Waals surface area contributed by atoms with E-state index in [1.807, 2.05) is 0 Å². The summed E-state index contributed by atoms with van der Waals surface area (Å²) in [6, 6.07) is 8.98. The minimum atomic E-state index is -4.45. The Balaban J connectivity index is 1.99. The van der Waals surface area contributed by atoms with E-state index in [-0.39, 0.29) is 25.1 Å². The molecule has 2 aromatic carbocycles. The van der Waals surface area contributed by atoms with Crippen LogP contribution in [0.5, 0.6) is 0 Å². The number of carbonyl (C=O) groups excluding carboxylic acids is 1. The summed E-state index contributed by atoms with van der Waals surface area (Å²) in [5.74, 6) is -0.430. The molecule has 2 rings (SSSR count). The van der Waals surface area contributed by atoms with Gasteiger partial charge >= 0.3 is 6.18 Å². The highest BCUT2D eigenvalue weighted by atomic mass is 35.5. The molecule has 0 aliphatic carbocycles. The highest BCUT2D eigenvalue weighted by Gasteiger charge is 2.30. The molecule has 0 heterocycles. The van der Waals surface area contributed by atoms with Gasteiger partial charge in [0, 0.05) is 23.7 Å². The highest BCUT2D eigenvalue weighted by Crippen LogP contribution is 2.30. The Morgan fingerprint density at radius 1 is 1.14 bits per heavy atom. The van der Waals surface area contributed by atoms with Crippen molar-refractivity contribution in [1.82, 2.24) is 0 Å². The predicted octanol–water partition coefficient (Wildman–Crippen LogP) is 4.85. The van der Waals surface area contributed by atoms with Gasteiger partial charge in [0.25, 0.3) is 0 Å². The van der Waals surface area contributed by atoms with Crippen molar-refractivity contribution < 1.29 is 26.4 Å². The third-order valence-corrected chi connectivity index (χ3v) is 5.52. The summed E-state index contributed by atoms with van der Waals surface area (Å²) in [5, 5.41) is 2.89. The Morgan fingerprint density at radius 2 is 1.76 bits per heavy atom. The Kier molecular flexibility index (Phi) is 7.18. The summed E-state index contributed by atoms with van der Waals surface area (Å²) in [6.07, 6.45) is -3.18. The van der Waals surface area contributed by atoms with Crippen molar-refractivity contribution in [2.75, 3.05) is 22.4 Å². The van der Waals surface area contributed by atoms with Gasteiger partial charge in [-0.05, 0) is 55.3 Å². The van der Waals surface area contributed by atoms with Crippen LogP contribution >= 0.6 is 11.6 Å². The minimum Gasteiger partial charge on any atom is -0.326 e. The van der Waals surface area contributed by atoms with Crippen molar-refractivity contribution in [3.8, 4) is 0 Å². The summed E-state index contributed by atoms with van der Waals surface area (Å²) in [7, 11) is -3.60. The number of alkyl halides is 3. The van der Waals surface area contributed by atoms with Crippen LogP contribution in [0, 0.1) is 6.92 Å². The van der Waals surface area contributed by atoms with Gasteiger partial charge in [-0.2, -0.15) is 13.2 Å². The number of benzene rings is 2. The van der Waals surface area contributed by atoms with E-state index in [1.165, 1.54) is 16.4 Å². The molecular weight excluding hydrogens is 429 g/mol. The molecule has 1 N–H and O–H groups in total. The van der Waals surface area contributed by atoms with Crippen molar-refractivity contribution in [2.24, 2.45) is 0 Å². The van der Waals surface area contributed by atoms with Crippen LogP contribution in [-0.4, -0.2) is 27.1 Å². The van der Waals surface area contributed by atoms with Gasteiger partial charge in [-0.1, -0.05) is 17.7 Å². The molecule has 0 saturated carbocycles. The van der Waals surface area contributed by atoms with E-state index in [0.717, 1.165) is 18.4 Å². The SMILES string of the molecule is Cc1ccc(Cl)cc1N(CCCC(=O)Nc1ccc(C(F)(F)F)cc1)S(C)(=O)=O. The number of halogens is 4. The largest absolute Gasteiger partial charge is 0.416 e. The number of hydrogen-bond donors (Lipinski definition) is 1. The number of hydrogen-bond acceptors (Lipinski definition) is 3. The third kappa shape index (κ3) is 6.64. The maximum atomic E-state index is 12.6. The Morgan fingerprint density at radius 3 is 2.31 bits per heavy atom. The third-order valence-electron chi connectivity index (χ3n) is 4.10. The molecule has 0 bridgehead atoms. The van der Waals surface area contributed by atoms with Gasteiger partial charge in [0.2, 0.25) is 15.9 Å². The quantitative estimate of drug-likeness (QED) is 0.658. The monoisotopic (exact) mass is 448 g/mol. The molecule has 10 heteroatoms. The van der Waals surface area contributed by atoms with E-state index in [4.69, 9.17) is 11.6 Å².